The fourth-order valence-corrected chi connectivity index (χ4v) is 5.85. The summed E-state index contributed by atoms with van der Waals surface area (Å²) in [7, 11) is 0. The summed E-state index contributed by atoms with van der Waals surface area (Å²) in [5.41, 5.74) is 2.06. The molecule has 0 radical (unpaired) electrons. The van der Waals surface area contributed by atoms with E-state index in [0.717, 1.165) is 16.0 Å². The fourth-order valence-electron chi connectivity index (χ4n) is 5.35. The molecule has 35 heavy (non-hydrogen) atoms. The number of carbonyl (C=O) groups is 3. The molecule has 3 aromatic rings. The van der Waals surface area contributed by atoms with Gasteiger partial charge in [0.15, 0.2) is 5.78 Å². The molecule has 2 saturated heterocycles. The standard InChI is InChI=1S/C26H16Cl2FN3O3/c27-15-7-10-19(18(28)11-15)31-25(34)20-21(26(31)35)23(24(33)13-5-8-16(29)9-6-13)32-22(20)17-4-2-1-3-14(17)12-30-32/h1-12,20-23H/t20-,21+,22-,23-/m0/s1. The van der Waals surface area contributed by atoms with E-state index >= 15 is 0 Å². The van der Waals surface area contributed by atoms with Gasteiger partial charge in [-0.1, -0.05) is 47.5 Å². The molecule has 3 heterocycles. The number of imide groups is 1. The third kappa shape index (κ3) is 3.22. The van der Waals surface area contributed by atoms with E-state index in [0.29, 0.717) is 5.02 Å². The van der Waals surface area contributed by atoms with Crippen LogP contribution in [0, 0.1) is 17.7 Å². The zero-order chi connectivity index (χ0) is 24.4. The first-order chi connectivity index (χ1) is 16.9. The zero-order valence-electron chi connectivity index (χ0n) is 17.9. The topological polar surface area (TPSA) is 70.0 Å². The van der Waals surface area contributed by atoms with E-state index < -0.39 is 47.3 Å². The number of nitrogens with zero attached hydrogens (tertiary/aromatic N) is 3. The SMILES string of the molecule is O=C(c1ccc(F)cc1)[C@@H]1[C@@H]2C(=O)N(c3ccc(Cl)cc3Cl)C(=O)[C@@H]2[C@@H]2c3ccccc3C=NN12. The lowest BCUT2D eigenvalue weighted by Gasteiger charge is -2.33. The molecule has 0 saturated carbocycles. The van der Waals surface area contributed by atoms with E-state index in [2.05, 4.69) is 5.10 Å². The number of ketones is 1. The molecule has 0 spiro atoms. The summed E-state index contributed by atoms with van der Waals surface area (Å²) in [4.78, 5) is 42.4. The van der Waals surface area contributed by atoms with Gasteiger partial charge in [0.2, 0.25) is 11.8 Å². The Balaban J connectivity index is 1.50. The number of benzene rings is 3. The second kappa shape index (κ2) is 8.00. The molecule has 3 aliphatic rings. The second-order valence-electron chi connectivity index (χ2n) is 8.67. The summed E-state index contributed by atoms with van der Waals surface area (Å²) < 4.78 is 13.5. The van der Waals surface area contributed by atoms with Crippen LogP contribution in [0.2, 0.25) is 10.0 Å². The number of anilines is 1. The first kappa shape index (κ1) is 21.9. The Labute approximate surface area is 209 Å². The smallest absolute Gasteiger partial charge is 0.240 e. The molecule has 9 heteroatoms. The van der Waals surface area contributed by atoms with Crippen molar-refractivity contribution in [3.05, 3.63) is 99.3 Å². The Morgan fingerprint density at radius 2 is 1.63 bits per heavy atom. The summed E-state index contributed by atoms with van der Waals surface area (Å²) in [6, 6.07) is 15.4. The normalized spacial score (nSPS) is 24.4. The van der Waals surface area contributed by atoms with Gasteiger partial charge in [-0.3, -0.25) is 19.4 Å². The van der Waals surface area contributed by atoms with Gasteiger partial charge >= 0.3 is 0 Å². The number of rotatable bonds is 3. The van der Waals surface area contributed by atoms with Crippen LogP contribution in [-0.4, -0.2) is 34.9 Å². The van der Waals surface area contributed by atoms with Gasteiger partial charge in [-0.25, -0.2) is 9.29 Å². The predicted molar refractivity (Wildman–Crippen MR) is 129 cm³/mol. The van der Waals surface area contributed by atoms with Crippen LogP contribution in [0.1, 0.15) is 27.5 Å². The van der Waals surface area contributed by atoms with Crippen LogP contribution in [-0.2, 0) is 9.59 Å². The Kier molecular flexibility index (Phi) is 5.02. The van der Waals surface area contributed by atoms with Crippen molar-refractivity contribution in [2.75, 3.05) is 4.90 Å². The summed E-state index contributed by atoms with van der Waals surface area (Å²) in [6.45, 7) is 0. The molecule has 3 aromatic carbocycles. The van der Waals surface area contributed by atoms with E-state index in [1.54, 1.807) is 17.3 Å². The average molecular weight is 508 g/mol. The van der Waals surface area contributed by atoms with Gasteiger partial charge in [0.05, 0.1) is 34.8 Å². The first-order valence-corrected chi connectivity index (χ1v) is 11.7. The fraction of sp³-hybridized carbons (Fsp3) is 0.154. The number of amides is 2. The molecule has 0 unspecified atom stereocenters. The van der Waals surface area contributed by atoms with Crippen LogP contribution in [0.4, 0.5) is 10.1 Å². The molecule has 2 amide bonds. The summed E-state index contributed by atoms with van der Waals surface area (Å²) in [5.74, 6) is -3.75. The maximum Gasteiger partial charge on any atom is 0.240 e. The molecule has 174 valence electrons. The Morgan fingerprint density at radius 1 is 0.914 bits per heavy atom. The van der Waals surface area contributed by atoms with Gasteiger partial charge < -0.3 is 0 Å². The van der Waals surface area contributed by atoms with Gasteiger partial charge in [-0.15, -0.1) is 0 Å². The van der Waals surface area contributed by atoms with E-state index in [-0.39, 0.29) is 16.3 Å². The summed E-state index contributed by atoms with van der Waals surface area (Å²) in [6.07, 6.45) is 1.63. The van der Waals surface area contributed by atoms with Crippen molar-refractivity contribution < 1.29 is 18.8 Å². The zero-order valence-corrected chi connectivity index (χ0v) is 19.4. The van der Waals surface area contributed by atoms with Gasteiger partial charge in [0.25, 0.3) is 0 Å². The number of Topliss-reactive ketones (excluding diaryl/α,β-unsaturated/α-hetero) is 1. The monoisotopic (exact) mass is 507 g/mol. The second-order valence-corrected chi connectivity index (χ2v) is 9.52. The molecule has 0 aromatic heterocycles. The van der Waals surface area contributed by atoms with Crippen molar-refractivity contribution in [1.82, 2.24) is 5.01 Å². The van der Waals surface area contributed by atoms with Crippen molar-refractivity contribution >= 4 is 52.7 Å². The van der Waals surface area contributed by atoms with E-state index in [4.69, 9.17) is 23.2 Å². The number of halogens is 3. The van der Waals surface area contributed by atoms with Crippen LogP contribution >= 0.6 is 23.2 Å². The first-order valence-electron chi connectivity index (χ1n) is 10.9. The largest absolute Gasteiger partial charge is 0.292 e. The lowest BCUT2D eigenvalue weighted by molar-refractivity contribution is -0.124. The van der Waals surface area contributed by atoms with E-state index in [1.165, 1.54) is 36.4 Å². The minimum atomic E-state index is -1.05. The quantitative estimate of drug-likeness (QED) is 0.373. The highest BCUT2D eigenvalue weighted by molar-refractivity contribution is 6.38. The van der Waals surface area contributed by atoms with Gasteiger partial charge in [0.1, 0.15) is 11.9 Å². The highest BCUT2D eigenvalue weighted by Crippen LogP contribution is 2.53. The number of hydrogen-bond donors (Lipinski definition) is 0. The maximum absolute atomic E-state index is 13.8. The molecule has 6 nitrogen and oxygen atoms in total. The lowest BCUT2D eigenvalue weighted by Crippen LogP contribution is -2.44. The van der Waals surface area contributed by atoms with Crippen molar-refractivity contribution in [2.45, 2.75) is 12.1 Å². The summed E-state index contributed by atoms with van der Waals surface area (Å²) in [5, 5.41) is 6.58. The van der Waals surface area contributed by atoms with Crippen LogP contribution in [0.5, 0.6) is 0 Å². The molecule has 6 rings (SSSR count). The minimum Gasteiger partial charge on any atom is -0.292 e. The predicted octanol–water partition coefficient (Wildman–Crippen LogP) is 4.89. The molecule has 4 atom stereocenters. The maximum atomic E-state index is 13.8. The molecule has 0 N–H and O–H groups in total. The number of carbonyl (C=O) groups excluding carboxylic acids is 3. The number of hydrazone groups is 1. The average Bonchev–Trinajstić information content (AvgIpc) is 3.32. The van der Waals surface area contributed by atoms with Crippen LogP contribution in [0.3, 0.4) is 0 Å². The minimum absolute atomic E-state index is 0.152. The van der Waals surface area contributed by atoms with Crippen LogP contribution in [0.25, 0.3) is 0 Å². The van der Waals surface area contributed by atoms with Crippen LogP contribution < -0.4 is 4.90 Å². The van der Waals surface area contributed by atoms with E-state index in [9.17, 15) is 18.8 Å². The van der Waals surface area contributed by atoms with Crippen molar-refractivity contribution in [2.24, 2.45) is 16.9 Å². The highest BCUT2D eigenvalue weighted by atomic mass is 35.5. The number of hydrogen-bond acceptors (Lipinski definition) is 5. The Hall–Kier alpha value is -3.55. The summed E-state index contributed by atoms with van der Waals surface area (Å²) >= 11 is 12.4. The van der Waals surface area contributed by atoms with Gasteiger partial charge in [-0.05, 0) is 53.6 Å². The molecular weight excluding hydrogens is 492 g/mol. The third-order valence-corrected chi connectivity index (χ3v) is 7.38. The highest BCUT2D eigenvalue weighted by Gasteiger charge is 2.65. The Morgan fingerprint density at radius 3 is 2.37 bits per heavy atom. The lowest BCUT2D eigenvalue weighted by atomic mass is 9.83. The van der Waals surface area contributed by atoms with Gasteiger partial charge in [0, 0.05) is 10.6 Å². The van der Waals surface area contributed by atoms with Crippen molar-refractivity contribution in [3.63, 3.8) is 0 Å². The molecular formula is C26H16Cl2FN3O3. The van der Waals surface area contributed by atoms with E-state index in [1.807, 2.05) is 24.3 Å². The molecule has 2 fully saturated rings. The third-order valence-electron chi connectivity index (χ3n) is 6.84. The number of fused-ring (bicyclic) bond motifs is 5. The van der Waals surface area contributed by atoms with Crippen molar-refractivity contribution in [3.8, 4) is 0 Å². The molecule has 0 bridgehead atoms. The van der Waals surface area contributed by atoms with Crippen molar-refractivity contribution in [1.29, 1.82) is 0 Å². The Bertz CT molecular complexity index is 1440. The molecule has 3 aliphatic heterocycles. The van der Waals surface area contributed by atoms with Gasteiger partial charge in [-0.2, -0.15) is 5.10 Å². The molecule has 0 aliphatic carbocycles. The van der Waals surface area contributed by atoms with Crippen LogP contribution in [0.15, 0.2) is 71.8 Å².